The second kappa shape index (κ2) is 15.1. The van der Waals surface area contributed by atoms with Gasteiger partial charge in [0.05, 0.1) is 11.9 Å². The van der Waals surface area contributed by atoms with Crippen molar-refractivity contribution in [3.63, 3.8) is 0 Å². The van der Waals surface area contributed by atoms with E-state index in [2.05, 4.69) is 5.32 Å². The maximum atomic E-state index is 14.0. The number of nitrogens with one attached hydrogen (secondary N) is 1. The number of benzene rings is 3. The molecule has 3 aromatic rings. The summed E-state index contributed by atoms with van der Waals surface area (Å²) >= 11 is 12.7. The van der Waals surface area contributed by atoms with Gasteiger partial charge >= 0.3 is 0 Å². The van der Waals surface area contributed by atoms with E-state index in [4.69, 9.17) is 23.2 Å². The zero-order chi connectivity index (χ0) is 31.0. The van der Waals surface area contributed by atoms with E-state index in [1.807, 2.05) is 49.4 Å². The number of carbonyl (C=O) groups excluding carboxylic acids is 2. The van der Waals surface area contributed by atoms with E-state index in [1.54, 1.807) is 35.2 Å². The summed E-state index contributed by atoms with van der Waals surface area (Å²) in [4.78, 5) is 29.5. The molecule has 1 aliphatic carbocycles. The highest BCUT2D eigenvalue weighted by Gasteiger charge is 2.32. The Hall–Kier alpha value is -3.07. The Morgan fingerprint density at radius 1 is 0.977 bits per heavy atom. The van der Waals surface area contributed by atoms with Crippen LogP contribution >= 0.6 is 23.2 Å². The van der Waals surface area contributed by atoms with Gasteiger partial charge in [-0.2, -0.15) is 0 Å². The zero-order valence-corrected chi connectivity index (χ0v) is 27.0. The van der Waals surface area contributed by atoms with Crippen molar-refractivity contribution in [1.29, 1.82) is 0 Å². The fraction of sp³-hybridized carbons (Fsp3) is 0.394. The third-order valence-corrected chi connectivity index (χ3v) is 9.55. The summed E-state index contributed by atoms with van der Waals surface area (Å²) in [7, 11) is -3.58. The smallest absolute Gasteiger partial charge is 0.243 e. The highest BCUT2D eigenvalue weighted by atomic mass is 35.5. The van der Waals surface area contributed by atoms with Gasteiger partial charge in [0.15, 0.2) is 0 Å². The molecule has 230 valence electrons. The van der Waals surface area contributed by atoms with Crippen LogP contribution in [0.25, 0.3) is 0 Å². The third kappa shape index (κ3) is 9.46. The Morgan fingerprint density at radius 2 is 1.70 bits per heavy atom. The number of carbonyl (C=O) groups is 2. The monoisotopic (exact) mass is 643 g/mol. The number of nitrogens with zero attached hydrogens (tertiary/aromatic N) is 2. The maximum absolute atomic E-state index is 14.0. The number of halogens is 2. The number of rotatable bonds is 13. The van der Waals surface area contributed by atoms with E-state index in [-0.39, 0.29) is 43.8 Å². The predicted octanol–water partition coefficient (Wildman–Crippen LogP) is 6.55. The van der Waals surface area contributed by atoms with Gasteiger partial charge in [0, 0.05) is 42.0 Å². The standard InChI is InChI=1S/C33H39Cl2N3O4S/c1-24-10-8-15-29(20-24)38(43(2,41)42)19-9-16-32(39)37(23-26-17-18-27(34)22-30(26)35)31(21-25-11-4-3-5-12-25)33(40)36-28-13-6-7-14-28/h3-5,8,10-12,15,17-18,20,22,28,31H,6-7,9,13-14,16,19,21,23H2,1-2H3,(H,36,40)/t31-/m0/s1. The largest absolute Gasteiger partial charge is 0.352 e. The van der Waals surface area contributed by atoms with Gasteiger partial charge in [0.2, 0.25) is 21.8 Å². The molecule has 0 bridgehead atoms. The molecule has 1 fully saturated rings. The van der Waals surface area contributed by atoms with Crippen LogP contribution in [-0.2, 0) is 32.6 Å². The van der Waals surface area contributed by atoms with Crippen LogP contribution in [0.1, 0.15) is 55.2 Å². The van der Waals surface area contributed by atoms with E-state index in [0.29, 0.717) is 27.7 Å². The van der Waals surface area contributed by atoms with Crippen molar-refractivity contribution in [3.8, 4) is 0 Å². The average molecular weight is 645 g/mol. The maximum Gasteiger partial charge on any atom is 0.243 e. The molecule has 0 unspecified atom stereocenters. The predicted molar refractivity (Wildman–Crippen MR) is 174 cm³/mol. The second-order valence-electron chi connectivity index (χ2n) is 11.2. The van der Waals surface area contributed by atoms with Crippen molar-refractivity contribution in [2.45, 2.75) is 70.5 Å². The van der Waals surface area contributed by atoms with E-state index < -0.39 is 16.1 Å². The SMILES string of the molecule is Cc1cccc(N(CCCC(=O)N(Cc2ccc(Cl)cc2Cl)[C@@H](Cc2ccccc2)C(=O)NC2CCCC2)S(C)(=O)=O)c1. The molecule has 1 saturated carbocycles. The van der Waals surface area contributed by atoms with E-state index in [9.17, 15) is 18.0 Å². The Labute approximate surface area is 265 Å². The number of amides is 2. The molecule has 0 aliphatic heterocycles. The van der Waals surface area contributed by atoms with Gasteiger partial charge < -0.3 is 10.2 Å². The molecule has 0 aromatic heterocycles. The number of hydrogen-bond acceptors (Lipinski definition) is 4. The molecule has 43 heavy (non-hydrogen) atoms. The first-order valence-electron chi connectivity index (χ1n) is 14.6. The third-order valence-electron chi connectivity index (χ3n) is 7.77. The molecule has 3 aromatic carbocycles. The summed E-state index contributed by atoms with van der Waals surface area (Å²) in [5, 5.41) is 4.07. The Bertz CT molecular complexity index is 1510. The van der Waals surface area contributed by atoms with Crippen molar-refractivity contribution in [2.24, 2.45) is 0 Å². The summed E-state index contributed by atoms with van der Waals surface area (Å²) in [6.07, 6.45) is 5.77. The first-order valence-corrected chi connectivity index (χ1v) is 17.2. The van der Waals surface area contributed by atoms with Crippen LogP contribution in [0.5, 0.6) is 0 Å². The molecule has 4 rings (SSSR count). The molecule has 0 saturated heterocycles. The molecule has 1 N–H and O–H groups in total. The van der Waals surface area contributed by atoms with Crippen molar-refractivity contribution in [3.05, 3.63) is 99.5 Å². The van der Waals surface area contributed by atoms with Gasteiger partial charge in [-0.3, -0.25) is 13.9 Å². The van der Waals surface area contributed by atoms with Crippen molar-refractivity contribution in [2.75, 3.05) is 17.1 Å². The quantitative estimate of drug-likeness (QED) is 0.229. The molecular weight excluding hydrogens is 605 g/mol. The van der Waals surface area contributed by atoms with E-state index in [1.165, 1.54) is 4.31 Å². The Morgan fingerprint density at radius 3 is 2.35 bits per heavy atom. The van der Waals surface area contributed by atoms with Crippen LogP contribution in [-0.4, -0.2) is 50.0 Å². The summed E-state index contributed by atoms with van der Waals surface area (Å²) in [5.74, 6) is -0.460. The Kier molecular flexibility index (Phi) is 11.5. The fourth-order valence-electron chi connectivity index (χ4n) is 5.54. The van der Waals surface area contributed by atoms with Crippen LogP contribution in [0.4, 0.5) is 5.69 Å². The summed E-state index contributed by atoms with van der Waals surface area (Å²) in [6, 6.07) is 21.3. The van der Waals surface area contributed by atoms with Gasteiger partial charge in [0.1, 0.15) is 6.04 Å². The molecule has 0 spiro atoms. The lowest BCUT2D eigenvalue weighted by molar-refractivity contribution is -0.141. The van der Waals surface area contributed by atoms with Crippen LogP contribution in [0.15, 0.2) is 72.8 Å². The highest BCUT2D eigenvalue weighted by Crippen LogP contribution is 2.26. The number of sulfonamides is 1. The lowest BCUT2D eigenvalue weighted by Crippen LogP contribution is -2.52. The first-order chi connectivity index (χ1) is 20.5. The van der Waals surface area contributed by atoms with Crippen molar-refractivity contribution < 1.29 is 18.0 Å². The molecule has 10 heteroatoms. The van der Waals surface area contributed by atoms with Gasteiger partial charge in [-0.25, -0.2) is 8.42 Å². The minimum absolute atomic E-state index is 0.0467. The summed E-state index contributed by atoms with van der Waals surface area (Å²) < 4.78 is 26.7. The van der Waals surface area contributed by atoms with Gasteiger partial charge in [-0.05, 0) is 67.1 Å². The number of hydrogen-bond donors (Lipinski definition) is 1. The number of anilines is 1. The normalized spacial score (nSPS) is 14.3. The van der Waals surface area contributed by atoms with Gasteiger partial charge in [-0.15, -0.1) is 0 Å². The molecule has 0 heterocycles. The average Bonchev–Trinajstić information content (AvgIpc) is 3.47. The molecule has 2 amide bonds. The molecule has 7 nitrogen and oxygen atoms in total. The fourth-order valence-corrected chi connectivity index (χ4v) is 6.97. The zero-order valence-electron chi connectivity index (χ0n) is 24.6. The van der Waals surface area contributed by atoms with Crippen molar-refractivity contribution in [1.82, 2.24) is 10.2 Å². The molecule has 1 aliphatic rings. The van der Waals surface area contributed by atoms with Crippen LogP contribution in [0, 0.1) is 6.92 Å². The van der Waals surface area contributed by atoms with Crippen molar-refractivity contribution >= 4 is 50.7 Å². The van der Waals surface area contributed by atoms with Gasteiger partial charge in [-0.1, -0.05) is 84.6 Å². The molecular formula is C33H39Cl2N3O4S. The van der Waals surface area contributed by atoms with E-state index in [0.717, 1.165) is 43.1 Å². The summed E-state index contributed by atoms with van der Waals surface area (Å²) in [6.45, 7) is 2.13. The lowest BCUT2D eigenvalue weighted by Gasteiger charge is -2.33. The summed E-state index contributed by atoms with van der Waals surface area (Å²) in [5.41, 5.74) is 3.09. The molecule has 1 atom stereocenters. The van der Waals surface area contributed by atoms with Crippen LogP contribution < -0.4 is 9.62 Å². The van der Waals surface area contributed by atoms with Gasteiger partial charge in [0.25, 0.3) is 0 Å². The highest BCUT2D eigenvalue weighted by molar-refractivity contribution is 7.92. The molecule has 0 radical (unpaired) electrons. The first kappa shape index (κ1) is 32.8. The second-order valence-corrected chi connectivity index (χ2v) is 14.0. The minimum Gasteiger partial charge on any atom is -0.352 e. The van der Waals surface area contributed by atoms with Crippen LogP contribution in [0.2, 0.25) is 10.0 Å². The minimum atomic E-state index is -3.58. The Balaban J connectivity index is 1.61. The topological polar surface area (TPSA) is 86.8 Å². The van der Waals surface area contributed by atoms with E-state index >= 15 is 0 Å². The lowest BCUT2D eigenvalue weighted by atomic mass is 10.0. The van der Waals surface area contributed by atoms with Crippen LogP contribution in [0.3, 0.4) is 0 Å². The number of aryl methyl sites for hydroxylation is 1.